The molecule has 0 atom stereocenters. The summed E-state index contributed by atoms with van der Waals surface area (Å²) in [6.45, 7) is 6.40. The molecule has 0 heterocycles. The van der Waals surface area contributed by atoms with Crippen LogP contribution in [-0.2, 0) is 11.3 Å². The van der Waals surface area contributed by atoms with Crippen LogP contribution in [0.25, 0.3) is 0 Å². The average Bonchev–Trinajstić information content (AvgIpc) is 2.16. The van der Waals surface area contributed by atoms with E-state index in [4.69, 9.17) is 10.5 Å². The molecule has 78 valence electrons. The lowest BCUT2D eigenvalue weighted by molar-refractivity contribution is 0.119. The first kappa shape index (κ1) is 11.2. The third-order valence-corrected chi connectivity index (χ3v) is 2.38. The van der Waals surface area contributed by atoms with Gasteiger partial charge in [0, 0.05) is 6.61 Å². The van der Waals surface area contributed by atoms with E-state index in [2.05, 4.69) is 32.0 Å². The molecule has 0 aliphatic heterocycles. The van der Waals surface area contributed by atoms with Crippen molar-refractivity contribution < 1.29 is 4.74 Å². The molecule has 1 rings (SSSR count). The average molecular weight is 193 g/mol. The molecule has 0 spiro atoms. The highest BCUT2D eigenvalue weighted by Crippen LogP contribution is 2.14. The minimum Gasteiger partial charge on any atom is -0.377 e. The van der Waals surface area contributed by atoms with Crippen molar-refractivity contribution in [3.8, 4) is 0 Å². The maximum atomic E-state index is 5.54. The van der Waals surface area contributed by atoms with Crippen molar-refractivity contribution in [3.05, 3.63) is 34.9 Å². The van der Waals surface area contributed by atoms with E-state index >= 15 is 0 Å². The summed E-state index contributed by atoms with van der Waals surface area (Å²) >= 11 is 0. The summed E-state index contributed by atoms with van der Waals surface area (Å²) in [5.41, 5.74) is 9.30. The number of hydrogen-bond donors (Lipinski definition) is 1. The molecular weight excluding hydrogens is 174 g/mol. The number of ether oxygens (including phenoxy) is 1. The van der Waals surface area contributed by atoms with Crippen molar-refractivity contribution in [1.29, 1.82) is 0 Å². The Morgan fingerprint density at radius 2 is 1.86 bits per heavy atom. The summed E-state index contributed by atoms with van der Waals surface area (Å²) in [4.78, 5) is 0. The molecule has 1 aromatic carbocycles. The Balaban J connectivity index is 2.49. The molecule has 0 saturated heterocycles. The van der Waals surface area contributed by atoms with Crippen LogP contribution < -0.4 is 5.73 Å². The van der Waals surface area contributed by atoms with E-state index in [0.29, 0.717) is 13.2 Å². The van der Waals surface area contributed by atoms with Gasteiger partial charge in [-0.3, -0.25) is 0 Å². The zero-order valence-electron chi connectivity index (χ0n) is 9.05. The summed E-state index contributed by atoms with van der Waals surface area (Å²) in [5, 5.41) is 0. The highest BCUT2D eigenvalue weighted by atomic mass is 16.5. The predicted molar refractivity (Wildman–Crippen MR) is 59.2 cm³/mol. The van der Waals surface area contributed by atoms with Gasteiger partial charge in [0.15, 0.2) is 0 Å². The SMILES string of the molecule is Cc1cccc(C)c1COCCCN. The van der Waals surface area contributed by atoms with Crippen molar-refractivity contribution in [2.75, 3.05) is 13.2 Å². The Bertz CT molecular complexity index is 263. The van der Waals surface area contributed by atoms with Crippen LogP contribution in [0, 0.1) is 13.8 Å². The van der Waals surface area contributed by atoms with Gasteiger partial charge in [-0.2, -0.15) is 0 Å². The van der Waals surface area contributed by atoms with Crippen molar-refractivity contribution >= 4 is 0 Å². The minimum atomic E-state index is 0.701. The van der Waals surface area contributed by atoms with Crippen LogP contribution in [0.2, 0.25) is 0 Å². The molecule has 0 bridgehead atoms. The van der Waals surface area contributed by atoms with Gasteiger partial charge < -0.3 is 10.5 Å². The van der Waals surface area contributed by atoms with Crippen LogP contribution >= 0.6 is 0 Å². The first-order chi connectivity index (χ1) is 6.75. The van der Waals surface area contributed by atoms with Crippen molar-refractivity contribution in [2.24, 2.45) is 5.73 Å². The van der Waals surface area contributed by atoms with Gasteiger partial charge in [0.25, 0.3) is 0 Å². The summed E-state index contributed by atoms with van der Waals surface area (Å²) in [6, 6.07) is 6.32. The molecule has 2 nitrogen and oxygen atoms in total. The van der Waals surface area contributed by atoms with E-state index < -0.39 is 0 Å². The molecule has 0 amide bonds. The Kier molecular flexibility index (Phi) is 4.63. The molecular formula is C12H19NO. The normalized spacial score (nSPS) is 10.5. The van der Waals surface area contributed by atoms with E-state index in [1.54, 1.807) is 0 Å². The first-order valence-electron chi connectivity index (χ1n) is 5.08. The fourth-order valence-corrected chi connectivity index (χ4v) is 1.44. The largest absolute Gasteiger partial charge is 0.377 e. The Morgan fingerprint density at radius 1 is 1.21 bits per heavy atom. The molecule has 2 heteroatoms. The molecule has 2 N–H and O–H groups in total. The van der Waals surface area contributed by atoms with Crippen molar-refractivity contribution in [3.63, 3.8) is 0 Å². The lowest BCUT2D eigenvalue weighted by Crippen LogP contribution is -2.05. The second-order valence-corrected chi connectivity index (χ2v) is 3.57. The third kappa shape index (κ3) is 3.13. The monoisotopic (exact) mass is 193 g/mol. The van der Waals surface area contributed by atoms with E-state index in [9.17, 15) is 0 Å². The van der Waals surface area contributed by atoms with E-state index in [0.717, 1.165) is 13.0 Å². The molecule has 1 aromatic rings. The van der Waals surface area contributed by atoms with Crippen molar-refractivity contribution in [1.82, 2.24) is 0 Å². The molecule has 0 radical (unpaired) electrons. The number of hydrogen-bond acceptors (Lipinski definition) is 2. The zero-order chi connectivity index (χ0) is 10.4. The van der Waals surface area contributed by atoms with Gasteiger partial charge in [-0.25, -0.2) is 0 Å². The third-order valence-electron chi connectivity index (χ3n) is 2.38. The zero-order valence-corrected chi connectivity index (χ0v) is 9.05. The predicted octanol–water partition coefficient (Wildman–Crippen LogP) is 2.17. The van der Waals surface area contributed by atoms with Gasteiger partial charge in [-0.15, -0.1) is 0 Å². The fourth-order valence-electron chi connectivity index (χ4n) is 1.44. The number of benzene rings is 1. The second-order valence-electron chi connectivity index (χ2n) is 3.57. The number of nitrogens with two attached hydrogens (primary N) is 1. The van der Waals surface area contributed by atoms with Crippen molar-refractivity contribution in [2.45, 2.75) is 26.9 Å². The molecule has 0 saturated carbocycles. The maximum Gasteiger partial charge on any atom is 0.0721 e. The summed E-state index contributed by atoms with van der Waals surface area (Å²) < 4.78 is 5.54. The molecule has 0 fully saturated rings. The lowest BCUT2D eigenvalue weighted by atomic mass is 10.0. The molecule has 0 aliphatic carbocycles. The summed E-state index contributed by atoms with van der Waals surface area (Å²) in [5.74, 6) is 0. The van der Waals surface area contributed by atoms with E-state index in [1.165, 1.54) is 16.7 Å². The van der Waals surface area contributed by atoms with Gasteiger partial charge in [0.1, 0.15) is 0 Å². The van der Waals surface area contributed by atoms with Crippen LogP contribution in [0.1, 0.15) is 23.1 Å². The highest BCUT2D eigenvalue weighted by Gasteiger charge is 2.01. The Morgan fingerprint density at radius 3 is 2.43 bits per heavy atom. The van der Waals surface area contributed by atoms with E-state index in [1.807, 2.05) is 0 Å². The summed E-state index contributed by atoms with van der Waals surface area (Å²) in [7, 11) is 0. The maximum absolute atomic E-state index is 5.54. The van der Waals surface area contributed by atoms with Gasteiger partial charge >= 0.3 is 0 Å². The first-order valence-corrected chi connectivity index (χ1v) is 5.08. The molecule has 14 heavy (non-hydrogen) atoms. The van der Waals surface area contributed by atoms with Crippen LogP contribution in [0.15, 0.2) is 18.2 Å². The van der Waals surface area contributed by atoms with Crippen LogP contribution in [0.5, 0.6) is 0 Å². The second kappa shape index (κ2) is 5.78. The molecule has 0 aromatic heterocycles. The fraction of sp³-hybridized carbons (Fsp3) is 0.500. The van der Waals surface area contributed by atoms with Crippen LogP contribution in [-0.4, -0.2) is 13.2 Å². The van der Waals surface area contributed by atoms with Gasteiger partial charge in [0.05, 0.1) is 6.61 Å². The smallest absolute Gasteiger partial charge is 0.0721 e. The highest BCUT2D eigenvalue weighted by molar-refractivity contribution is 5.32. The Labute approximate surface area is 86.1 Å². The number of aryl methyl sites for hydroxylation is 2. The van der Waals surface area contributed by atoms with Crippen LogP contribution in [0.4, 0.5) is 0 Å². The van der Waals surface area contributed by atoms with E-state index in [-0.39, 0.29) is 0 Å². The minimum absolute atomic E-state index is 0.701. The lowest BCUT2D eigenvalue weighted by Gasteiger charge is -2.09. The van der Waals surface area contributed by atoms with Gasteiger partial charge in [-0.1, -0.05) is 18.2 Å². The quantitative estimate of drug-likeness (QED) is 0.727. The van der Waals surface area contributed by atoms with Crippen LogP contribution in [0.3, 0.4) is 0 Å². The molecule has 0 unspecified atom stereocenters. The number of rotatable bonds is 5. The summed E-state index contributed by atoms with van der Waals surface area (Å²) in [6.07, 6.45) is 0.935. The van der Waals surface area contributed by atoms with Gasteiger partial charge in [0.2, 0.25) is 0 Å². The standard InChI is InChI=1S/C12H19NO/c1-10-5-3-6-11(2)12(10)9-14-8-4-7-13/h3,5-6H,4,7-9,13H2,1-2H3. The topological polar surface area (TPSA) is 35.2 Å². The molecule has 0 aliphatic rings. The van der Waals surface area contributed by atoms with Gasteiger partial charge in [-0.05, 0) is 43.5 Å². The Hall–Kier alpha value is -0.860.